The first-order valence-electron chi connectivity index (χ1n) is 6.58. The standard InChI is InChI=1S/C15H14FN3/c16-11-3-1-2-10(8-11)13-4-5-14-15(18-13)17-12-6-7-19(14)9-12/h1-5,8,12H,6-7,9H2,(H,17,18)/t12-/m0/s1. The number of halogens is 1. The highest BCUT2D eigenvalue weighted by molar-refractivity contribution is 5.74. The first-order chi connectivity index (χ1) is 9.29. The van der Waals surface area contributed by atoms with Crippen LogP contribution in [0.3, 0.4) is 0 Å². The number of rotatable bonds is 1. The van der Waals surface area contributed by atoms with E-state index in [9.17, 15) is 4.39 Å². The summed E-state index contributed by atoms with van der Waals surface area (Å²) in [6.45, 7) is 2.15. The van der Waals surface area contributed by atoms with Crippen LogP contribution in [-0.4, -0.2) is 24.1 Å². The van der Waals surface area contributed by atoms with E-state index >= 15 is 0 Å². The second-order valence-electron chi connectivity index (χ2n) is 5.15. The average Bonchev–Trinajstić information content (AvgIpc) is 2.81. The highest BCUT2D eigenvalue weighted by Crippen LogP contribution is 2.35. The minimum absolute atomic E-state index is 0.228. The fraction of sp³-hybridized carbons (Fsp3) is 0.267. The molecule has 2 aliphatic heterocycles. The average molecular weight is 255 g/mol. The highest BCUT2D eigenvalue weighted by Gasteiger charge is 2.30. The van der Waals surface area contributed by atoms with Gasteiger partial charge in [0.05, 0.1) is 11.4 Å². The van der Waals surface area contributed by atoms with Crippen molar-refractivity contribution in [3.8, 4) is 11.3 Å². The van der Waals surface area contributed by atoms with E-state index in [1.54, 1.807) is 6.07 Å². The number of anilines is 2. The molecule has 1 fully saturated rings. The molecule has 1 aromatic carbocycles. The summed E-state index contributed by atoms with van der Waals surface area (Å²) in [6.07, 6.45) is 1.16. The summed E-state index contributed by atoms with van der Waals surface area (Å²) >= 11 is 0. The lowest BCUT2D eigenvalue weighted by Crippen LogP contribution is -2.32. The Morgan fingerprint density at radius 1 is 1.26 bits per heavy atom. The van der Waals surface area contributed by atoms with Crippen molar-refractivity contribution in [3.63, 3.8) is 0 Å². The lowest BCUT2D eigenvalue weighted by Gasteiger charge is -2.27. The van der Waals surface area contributed by atoms with Crippen molar-refractivity contribution in [1.29, 1.82) is 0 Å². The van der Waals surface area contributed by atoms with Crippen molar-refractivity contribution in [1.82, 2.24) is 4.98 Å². The van der Waals surface area contributed by atoms with Crippen LogP contribution in [0.1, 0.15) is 6.42 Å². The van der Waals surface area contributed by atoms with Gasteiger partial charge in [0.1, 0.15) is 5.82 Å². The van der Waals surface area contributed by atoms with Gasteiger partial charge < -0.3 is 10.2 Å². The summed E-state index contributed by atoms with van der Waals surface area (Å²) in [7, 11) is 0. The molecule has 0 amide bonds. The summed E-state index contributed by atoms with van der Waals surface area (Å²) in [4.78, 5) is 7.01. The highest BCUT2D eigenvalue weighted by atomic mass is 19.1. The second-order valence-corrected chi connectivity index (χ2v) is 5.15. The molecule has 3 nitrogen and oxygen atoms in total. The van der Waals surface area contributed by atoms with Crippen LogP contribution in [0.2, 0.25) is 0 Å². The summed E-state index contributed by atoms with van der Waals surface area (Å²) in [5.41, 5.74) is 2.79. The SMILES string of the molecule is Fc1cccc(-c2ccc3c(n2)N[C@H]2CCN3C2)c1. The van der Waals surface area contributed by atoms with Crippen LogP contribution in [0.25, 0.3) is 11.3 Å². The fourth-order valence-corrected chi connectivity index (χ4v) is 2.91. The maximum absolute atomic E-state index is 13.3. The minimum atomic E-state index is -0.228. The maximum Gasteiger partial charge on any atom is 0.150 e. The van der Waals surface area contributed by atoms with Crippen molar-refractivity contribution in [2.24, 2.45) is 0 Å². The lowest BCUT2D eigenvalue weighted by atomic mass is 10.1. The van der Waals surface area contributed by atoms with Crippen LogP contribution in [0, 0.1) is 5.82 Å². The van der Waals surface area contributed by atoms with Gasteiger partial charge in [-0.1, -0.05) is 12.1 Å². The largest absolute Gasteiger partial charge is 0.366 e. The molecule has 1 saturated heterocycles. The first kappa shape index (κ1) is 10.8. The number of fused-ring (bicyclic) bond motifs is 4. The van der Waals surface area contributed by atoms with Gasteiger partial charge in [0.25, 0.3) is 0 Å². The topological polar surface area (TPSA) is 28.2 Å². The van der Waals surface area contributed by atoms with Gasteiger partial charge in [-0.15, -0.1) is 0 Å². The second kappa shape index (κ2) is 3.95. The molecule has 1 aromatic heterocycles. The molecule has 1 atom stereocenters. The van der Waals surface area contributed by atoms with Gasteiger partial charge in [-0.2, -0.15) is 0 Å². The Bertz CT molecular complexity index is 641. The molecule has 0 spiro atoms. The molecular weight excluding hydrogens is 241 g/mol. The number of aromatic nitrogens is 1. The van der Waals surface area contributed by atoms with E-state index in [2.05, 4.69) is 21.3 Å². The van der Waals surface area contributed by atoms with Crippen molar-refractivity contribution in [2.45, 2.75) is 12.5 Å². The zero-order valence-electron chi connectivity index (χ0n) is 10.4. The van der Waals surface area contributed by atoms with Crippen LogP contribution in [-0.2, 0) is 0 Å². The van der Waals surface area contributed by atoms with Gasteiger partial charge in [-0.05, 0) is 30.7 Å². The fourth-order valence-electron chi connectivity index (χ4n) is 2.91. The molecule has 0 aliphatic carbocycles. The Labute approximate surface area is 111 Å². The quantitative estimate of drug-likeness (QED) is 0.849. The molecule has 0 radical (unpaired) electrons. The molecular formula is C15H14FN3. The lowest BCUT2D eigenvalue weighted by molar-refractivity contribution is 0.628. The van der Waals surface area contributed by atoms with Crippen molar-refractivity contribution >= 4 is 11.5 Å². The van der Waals surface area contributed by atoms with E-state index in [1.807, 2.05) is 12.1 Å². The Morgan fingerprint density at radius 3 is 3.11 bits per heavy atom. The van der Waals surface area contributed by atoms with Crippen LogP contribution >= 0.6 is 0 Å². The predicted octanol–water partition coefficient (Wildman–Crippen LogP) is 2.89. The molecule has 2 bridgehead atoms. The number of nitrogens with zero attached hydrogens (tertiary/aromatic N) is 2. The molecule has 0 saturated carbocycles. The first-order valence-corrected chi connectivity index (χ1v) is 6.58. The van der Waals surface area contributed by atoms with Gasteiger partial charge in [0.15, 0.2) is 5.82 Å². The Morgan fingerprint density at radius 2 is 2.21 bits per heavy atom. The predicted molar refractivity (Wildman–Crippen MR) is 73.9 cm³/mol. The van der Waals surface area contributed by atoms with E-state index in [0.717, 1.165) is 42.3 Å². The van der Waals surface area contributed by atoms with Crippen LogP contribution in [0.4, 0.5) is 15.9 Å². The van der Waals surface area contributed by atoms with Gasteiger partial charge in [0, 0.05) is 24.7 Å². The molecule has 19 heavy (non-hydrogen) atoms. The molecule has 3 heterocycles. The zero-order valence-corrected chi connectivity index (χ0v) is 10.4. The Kier molecular flexibility index (Phi) is 2.24. The molecule has 2 aromatic rings. The number of hydrogen-bond donors (Lipinski definition) is 1. The molecule has 0 unspecified atom stereocenters. The molecule has 4 heteroatoms. The number of nitrogens with one attached hydrogen (secondary N) is 1. The minimum Gasteiger partial charge on any atom is -0.366 e. The van der Waals surface area contributed by atoms with Crippen molar-refractivity contribution in [2.75, 3.05) is 23.3 Å². The summed E-state index contributed by atoms with van der Waals surface area (Å²) in [5, 5.41) is 3.47. The normalized spacial score (nSPS) is 20.1. The summed E-state index contributed by atoms with van der Waals surface area (Å²) in [5.74, 6) is 0.698. The molecule has 1 N–H and O–H groups in total. The third kappa shape index (κ3) is 1.75. The monoisotopic (exact) mass is 255 g/mol. The Balaban J connectivity index is 1.78. The maximum atomic E-state index is 13.3. The van der Waals surface area contributed by atoms with Crippen LogP contribution in [0.5, 0.6) is 0 Å². The summed E-state index contributed by atoms with van der Waals surface area (Å²) < 4.78 is 13.3. The van der Waals surface area contributed by atoms with E-state index in [0.29, 0.717) is 6.04 Å². The van der Waals surface area contributed by atoms with E-state index < -0.39 is 0 Å². The molecule has 4 rings (SSSR count). The number of hydrogen-bond acceptors (Lipinski definition) is 3. The number of pyridine rings is 1. The molecule has 96 valence electrons. The third-order valence-electron chi connectivity index (χ3n) is 3.86. The van der Waals surface area contributed by atoms with Crippen molar-refractivity contribution in [3.05, 3.63) is 42.2 Å². The van der Waals surface area contributed by atoms with E-state index in [-0.39, 0.29) is 5.82 Å². The van der Waals surface area contributed by atoms with Gasteiger partial charge in [-0.3, -0.25) is 0 Å². The van der Waals surface area contributed by atoms with E-state index in [1.165, 1.54) is 12.1 Å². The zero-order chi connectivity index (χ0) is 12.8. The molecule has 2 aliphatic rings. The number of benzene rings is 1. The van der Waals surface area contributed by atoms with Gasteiger partial charge >= 0.3 is 0 Å². The smallest absolute Gasteiger partial charge is 0.150 e. The van der Waals surface area contributed by atoms with Gasteiger partial charge in [-0.25, -0.2) is 9.37 Å². The van der Waals surface area contributed by atoms with E-state index in [4.69, 9.17) is 0 Å². The Hall–Kier alpha value is -2.10. The van der Waals surface area contributed by atoms with Gasteiger partial charge in [0.2, 0.25) is 0 Å². The van der Waals surface area contributed by atoms with Crippen LogP contribution in [0.15, 0.2) is 36.4 Å². The van der Waals surface area contributed by atoms with Crippen LogP contribution < -0.4 is 10.2 Å². The van der Waals surface area contributed by atoms with Crippen molar-refractivity contribution < 1.29 is 4.39 Å². The summed E-state index contributed by atoms with van der Waals surface area (Å²) in [6, 6.07) is 11.1. The third-order valence-corrected chi connectivity index (χ3v) is 3.86.